The van der Waals surface area contributed by atoms with Gasteiger partial charge in [0.05, 0.1) is 15.8 Å². The second-order valence-corrected chi connectivity index (χ2v) is 8.49. The summed E-state index contributed by atoms with van der Waals surface area (Å²) in [7, 11) is -4.64. The van der Waals surface area contributed by atoms with Gasteiger partial charge in [-0.15, -0.1) is 3.97 Å². The smallest absolute Gasteiger partial charge is 0.343 e. The van der Waals surface area contributed by atoms with Crippen molar-refractivity contribution in [1.82, 2.24) is 8.96 Å². The number of aromatic nitrogens is 2. The van der Waals surface area contributed by atoms with Crippen LogP contribution in [0.25, 0.3) is 10.9 Å². The predicted molar refractivity (Wildman–Crippen MR) is 108 cm³/mol. The third-order valence-corrected chi connectivity index (χ3v) is 6.12. The van der Waals surface area contributed by atoms with Gasteiger partial charge in [-0.1, -0.05) is 17.7 Å². The normalized spacial score (nSPS) is 12.5. The van der Waals surface area contributed by atoms with Crippen molar-refractivity contribution in [3.05, 3.63) is 68.3 Å². The van der Waals surface area contributed by atoms with E-state index in [0.717, 1.165) is 12.1 Å². The number of rotatable bonds is 5. The molecule has 3 aromatic rings. The second kappa shape index (κ2) is 7.76. The number of fused-ring (bicyclic) bond motifs is 1. The summed E-state index contributed by atoms with van der Waals surface area (Å²) < 4.78 is 26.0. The van der Waals surface area contributed by atoms with E-state index in [1.54, 1.807) is 0 Å². The van der Waals surface area contributed by atoms with E-state index >= 15 is 0 Å². The van der Waals surface area contributed by atoms with Crippen molar-refractivity contribution in [1.29, 1.82) is 0 Å². The van der Waals surface area contributed by atoms with Crippen LogP contribution < -0.4 is 16.6 Å². The first-order valence-corrected chi connectivity index (χ1v) is 10.2. The lowest BCUT2D eigenvalue weighted by molar-refractivity contribution is -0.144. The van der Waals surface area contributed by atoms with Gasteiger partial charge in [-0.25, -0.2) is 13.2 Å². The van der Waals surface area contributed by atoms with Crippen molar-refractivity contribution < 1.29 is 23.1 Å². The maximum Gasteiger partial charge on any atom is 0.343 e. The van der Waals surface area contributed by atoms with Gasteiger partial charge in [-0.2, -0.15) is 0 Å². The standard InChI is InChI=1S/C18H14ClN3O7S/c1-9(17(25)26)15(23)20-11-3-2-4-12(8-11)30(28,29)22-16(24)13-6-5-10(19)7-14(13)21-18(22)27/h2-9H,1H3,(H,20,23)(H,21,27)(H,25,26). The number of hydrogen-bond donors (Lipinski definition) is 3. The number of carboxylic acid groups (broad SMARTS) is 1. The van der Waals surface area contributed by atoms with E-state index in [1.807, 2.05) is 0 Å². The van der Waals surface area contributed by atoms with Crippen molar-refractivity contribution in [3.63, 3.8) is 0 Å². The molecule has 3 rings (SSSR count). The average molecular weight is 452 g/mol. The number of anilines is 1. The fraction of sp³-hybridized carbons (Fsp3) is 0.111. The van der Waals surface area contributed by atoms with Crippen LogP contribution in [0.15, 0.2) is 56.9 Å². The molecule has 30 heavy (non-hydrogen) atoms. The minimum Gasteiger partial charge on any atom is -0.481 e. The number of benzene rings is 2. The molecule has 1 aromatic heterocycles. The molecule has 0 spiro atoms. The SMILES string of the molecule is CC(C(=O)O)C(=O)Nc1cccc(S(=O)(=O)n2c(=O)[nH]c3cc(Cl)ccc3c2=O)c1. The maximum absolute atomic E-state index is 13.0. The average Bonchev–Trinajstić information content (AvgIpc) is 2.66. The fourth-order valence-corrected chi connectivity index (χ4v) is 4.08. The van der Waals surface area contributed by atoms with Gasteiger partial charge in [0, 0.05) is 10.7 Å². The first-order chi connectivity index (χ1) is 14.0. The minimum atomic E-state index is -4.64. The number of carbonyl (C=O) groups excluding carboxylic acids is 1. The summed E-state index contributed by atoms with van der Waals surface area (Å²) in [6, 6.07) is 8.72. The molecule has 156 valence electrons. The van der Waals surface area contributed by atoms with Gasteiger partial charge in [0.15, 0.2) is 0 Å². The number of aromatic amines is 1. The van der Waals surface area contributed by atoms with Crippen LogP contribution in [0.5, 0.6) is 0 Å². The molecule has 1 atom stereocenters. The molecule has 0 saturated carbocycles. The van der Waals surface area contributed by atoms with Crippen molar-refractivity contribution in [2.45, 2.75) is 11.8 Å². The third kappa shape index (κ3) is 3.84. The van der Waals surface area contributed by atoms with E-state index in [1.165, 1.54) is 37.3 Å². The monoisotopic (exact) mass is 451 g/mol. The molecule has 10 nitrogen and oxygen atoms in total. The summed E-state index contributed by atoms with van der Waals surface area (Å²) in [5, 5.41) is 11.3. The van der Waals surface area contributed by atoms with Crippen LogP contribution in [0.1, 0.15) is 6.92 Å². The van der Waals surface area contributed by atoms with E-state index < -0.39 is 44.0 Å². The number of hydrogen-bond acceptors (Lipinski definition) is 6. The Morgan fingerprint density at radius 1 is 1.17 bits per heavy atom. The first-order valence-electron chi connectivity index (χ1n) is 8.36. The van der Waals surface area contributed by atoms with Crippen LogP contribution >= 0.6 is 11.6 Å². The van der Waals surface area contributed by atoms with Crippen molar-refractivity contribution in [3.8, 4) is 0 Å². The summed E-state index contributed by atoms with van der Waals surface area (Å²) in [5.41, 5.74) is -2.21. The van der Waals surface area contributed by atoms with Gasteiger partial charge in [-0.05, 0) is 43.3 Å². The number of halogens is 1. The van der Waals surface area contributed by atoms with Crippen molar-refractivity contribution >= 4 is 50.1 Å². The molecular formula is C18H14ClN3O7S. The molecule has 3 N–H and O–H groups in total. The van der Waals surface area contributed by atoms with E-state index in [0.29, 0.717) is 0 Å². The third-order valence-electron chi connectivity index (χ3n) is 4.23. The molecule has 2 aromatic carbocycles. The Morgan fingerprint density at radius 2 is 1.87 bits per heavy atom. The van der Waals surface area contributed by atoms with Gasteiger partial charge in [0.25, 0.3) is 15.6 Å². The molecule has 0 bridgehead atoms. The lowest BCUT2D eigenvalue weighted by Crippen LogP contribution is -2.40. The predicted octanol–water partition coefficient (Wildman–Crippen LogP) is 1.24. The van der Waals surface area contributed by atoms with Gasteiger partial charge >= 0.3 is 11.7 Å². The van der Waals surface area contributed by atoms with Crippen LogP contribution in [0.3, 0.4) is 0 Å². The highest BCUT2D eigenvalue weighted by Gasteiger charge is 2.25. The first kappa shape index (κ1) is 21.3. The molecule has 0 aliphatic carbocycles. The van der Waals surface area contributed by atoms with Gasteiger partial charge in [-0.3, -0.25) is 14.4 Å². The number of aliphatic carboxylic acids is 1. The van der Waals surface area contributed by atoms with Crippen LogP contribution in [-0.2, 0) is 19.6 Å². The van der Waals surface area contributed by atoms with Crippen LogP contribution in [0.2, 0.25) is 5.02 Å². The Morgan fingerprint density at radius 3 is 2.53 bits per heavy atom. The molecule has 12 heteroatoms. The topological polar surface area (TPSA) is 155 Å². The molecule has 0 aliphatic heterocycles. The molecule has 1 amide bonds. The Bertz CT molecular complexity index is 1410. The summed E-state index contributed by atoms with van der Waals surface area (Å²) in [6.07, 6.45) is 0. The van der Waals surface area contributed by atoms with Crippen LogP contribution in [-0.4, -0.2) is 34.4 Å². The van der Waals surface area contributed by atoms with E-state index in [4.69, 9.17) is 16.7 Å². The van der Waals surface area contributed by atoms with E-state index in [9.17, 15) is 27.6 Å². The molecular weight excluding hydrogens is 438 g/mol. The fourth-order valence-electron chi connectivity index (χ4n) is 2.59. The van der Waals surface area contributed by atoms with Gasteiger partial charge < -0.3 is 15.4 Å². The number of nitrogens with one attached hydrogen (secondary N) is 2. The Balaban J connectivity index is 2.10. The highest BCUT2D eigenvalue weighted by atomic mass is 35.5. The second-order valence-electron chi connectivity index (χ2n) is 6.27. The van der Waals surface area contributed by atoms with Gasteiger partial charge in [0.1, 0.15) is 5.92 Å². The Kier molecular flexibility index (Phi) is 5.51. The molecule has 1 unspecified atom stereocenters. The molecule has 0 radical (unpaired) electrons. The summed E-state index contributed by atoms with van der Waals surface area (Å²) in [6.45, 7) is 1.17. The highest BCUT2D eigenvalue weighted by Crippen LogP contribution is 2.19. The zero-order valence-electron chi connectivity index (χ0n) is 15.2. The quantitative estimate of drug-likeness (QED) is 0.492. The number of carboxylic acids is 1. The molecule has 0 saturated heterocycles. The summed E-state index contributed by atoms with van der Waals surface area (Å²) in [5.74, 6) is -3.59. The minimum absolute atomic E-state index is 0.0220. The van der Waals surface area contributed by atoms with Gasteiger partial charge in [0.2, 0.25) is 5.91 Å². The number of carbonyl (C=O) groups is 2. The lowest BCUT2D eigenvalue weighted by atomic mass is 10.1. The molecule has 0 fully saturated rings. The van der Waals surface area contributed by atoms with Crippen LogP contribution in [0, 0.1) is 5.92 Å². The zero-order chi connectivity index (χ0) is 22.2. The summed E-state index contributed by atoms with van der Waals surface area (Å²) >= 11 is 5.83. The van der Waals surface area contributed by atoms with Crippen LogP contribution in [0.4, 0.5) is 5.69 Å². The largest absolute Gasteiger partial charge is 0.481 e. The highest BCUT2D eigenvalue weighted by molar-refractivity contribution is 7.90. The summed E-state index contributed by atoms with van der Waals surface area (Å²) in [4.78, 5) is 49.7. The maximum atomic E-state index is 13.0. The van der Waals surface area contributed by atoms with Crippen molar-refractivity contribution in [2.24, 2.45) is 5.92 Å². The van der Waals surface area contributed by atoms with E-state index in [-0.39, 0.29) is 25.6 Å². The van der Waals surface area contributed by atoms with E-state index in [2.05, 4.69) is 10.3 Å². The number of amides is 1. The Hall–Kier alpha value is -3.44. The molecule has 0 aliphatic rings. The van der Waals surface area contributed by atoms with Crippen molar-refractivity contribution in [2.75, 3.05) is 5.32 Å². The molecule has 1 heterocycles. The zero-order valence-corrected chi connectivity index (χ0v) is 16.8. The number of H-pyrrole nitrogens is 1. The Labute approximate surface area is 173 Å². The lowest BCUT2D eigenvalue weighted by Gasteiger charge is -2.11. The number of nitrogens with zero attached hydrogens (tertiary/aromatic N) is 1.